The van der Waals surface area contributed by atoms with Gasteiger partial charge in [-0.25, -0.2) is 0 Å². The highest BCUT2D eigenvalue weighted by Crippen LogP contribution is 2.30. The first-order valence-corrected chi connectivity index (χ1v) is 11.6. The zero-order valence-electron chi connectivity index (χ0n) is 19.2. The molecule has 178 valence electrons. The number of anilines is 1. The normalized spacial score (nSPS) is 14.9. The van der Waals surface area contributed by atoms with Gasteiger partial charge in [-0.2, -0.15) is 0 Å². The second-order valence-electron chi connectivity index (χ2n) is 8.52. The van der Waals surface area contributed by atoms with E-state index < -0.39 is 17.9 Å². The predicted molar refractivity (Wildman–Crippen MR) is 126 cm³/mol. The van der Waals surface area contributed by atoms with E-state index in [2.05, 4.69) is 10.6 Å². The first-order chi connectivity index (χ1) is 16.5. The molecular formula is C26H29N3O5. The molecule has 0 saturated heterocycles. The molecule has 8 nitrogen and oxygen atoms in total. The van der Waals surface area contributed by atoms with Crippen LogP contribution in [-0.4, -0.2) is 30.3 Å². The molecule has 0 unspecified atom stereocenters. The highest BCUT2D eigenvalue weighted by Gasteiger charge is 2.36. The third-order valence-corrected chi connectivity index (χ3v) is 5.96. The summed E-state index contributed by atoms with van der Waals surface area (Å²) in [6.45, 7) is 1.59. The fraction of sp³-hybridized carbons (Fsp3) is 0.346. The maximum absolute atomic E-state index is 13.6. The van der Waals surface area contributed by atoms with Gasteiger partial charge in [0.2, 0.25) is 5.91 Å². The van der Waals surface area contributed by atoms with E-state index in [1.165, 1.54) is 23.5 Å². The van der Waals surface area contributed by atoms with Gasteiger partial charge in [-0.3, -0.25) is 19.3 Å². The molecule has 34 heavy (non-hydrogen) atoms. The molecule has 2 N–H and O–H groups in total. The van der Waals surface area contributed by atoms with Crippen LogP contribution in [0.5, 0.6) is 0 Å². The summed E-state index contributed by atoms with van der Waals surface area (Å²) in [5, 5.41) is 5.70. The number of rotatable bonds is 8. The first-order valence-electron chi connectivity index (χ1n) is 11.6. The molecule has 3 amide bonds. The molecule has 0 bridgehead atoms. The van der Waals surface area contributed by atoms with Crippen molar-refractivity contribution in [3.8, 4) is 0 Å². The molecule has 2 aromatic heterocycles. The zero-order valence-corrected chi connectivity index (χ0v) is 19.2. The summed E-state index contributed by atoms with van der Waals surface area (Å²) in [6.07, 6.45) is 7.98. The lowest BCUT2D eigenvalue weighted by Crippen LogP contribution is -2.49. The topological polar surface area (TPSA) is 105 Å². The molecule has 1 aromatic carbocycles. The summed E-state index contributed by atoms with van der Waals surface area (Å²) in [7, 11) is 0. The Labute approximate surface area is 198 Å². The van der Waals surface area contributed by atoms with E-state index in [0.717, 1.165) is 37.7 Å². The maximum Gasteiger partial charge on any atom is 0.287 e. The van der Waals surface area contributed by atoms with E-state index in [0.29, 0.717) is 11.4 Å². The number of furan rings is 2. The van der Waals surface area contributed by atoms with Crippen molar-refractivity contribution in [1.82, 2.24) is 10.6 Å². The van der Waals surface area contributed by atoms with Crippen LogP contribution in [0.25, 0.3) is 0 Å². The highest BCUT2D eigenvalue weighted by atomic mass is 16.3. The number of carbonyl (C=O) groups is 3. The van der Waals surface area contributed by atoms with Gasteiger partial charge in [-0.15, -0.1) is 0 Å². The fourth-order valence-electron chi connectivity index (χ4n) is 4.30. The Hall–Kier alpha value is -3.81. The quantitative estimate of drug-likeness (QED) is 0.523. The van der Waals surface area contributed by atoms with Crippen molar-refractivity contribution in [3.63, 3.8) is 0 Å². The second-order valence-corrected chi connectivity index (χ2v) is 8.52. The van der Waals surface area contributed by atoms with Gasteiger partial charge in [0.15, 0.2) is 11.8 Å². The molecule has 0 aliphatic heterocycles. The predicted octanol–water partition coefficient (Wildman–Crippen LogP) is 4.13. The Morgan fingerprint density at radius 2 is 1.76 bits per heavy atom. The van der Waals surface area contributed by atoms with E-state index in [1.807, 2.05) is 25.1 Å². The van der Waals surface area contributed by atoms with Crippen LogP contribution in [0.4, 0.5) is 5.69 Å². The average Bonchev–Trinajstić information content (AvgIpc) is 3.56. The molecule has 1 saturated carbocycles. The summed E-state index contributed by atoms with van der Waals surface area (Å²) in [6, 6.07) is 12.9. The van der Waals surface area contributed by atoms with E-state index in [1.54, 1.807) is 24.3 Å². The maximum atomic E-state index is 13.6. The van der Waals surface area contributed by atoms with Crippen molar-refractivity contribution in [3.05, 3.63) is 78.1 Å². The molecule has 0 spiro atoms. The van der Waals surface area contributed by atoms with Crippen LogP contribution in [-0.2, 0) is 9.59 Å². The first kappa shape index (κ1) is 23.4. The minimum atomic E-state index is -1.02. The lowest BCUT2D eigenvalue weighted by atomic mass is 9.95. The largest absolute Gasteiger partial charge is 0.467 e. The molecule has 0 radical (unpaired) electrons. The molecular weight excluding hydrogens is 434 g/mol. The van der Waals surface area contributed by atoms with Crippen LogP contribution in [0.3, 0.4) is 0 Å². The van der Waals surface area contributed by atoms with Crippen LogP contribution in [0, 0.1) is 6.92 Å². The summed E-state index contributed by atoms with van der Waals surface area (Å²) in [5.74, 6) is -0.823. The molecule has 1 aliphatic carbocycles. The summed E-state index contributed by atoms with van der Waals surface area (Å²) in [5.41, 5.74) is 1.47. The standard InChI is InChI=1S/C26H29N3O5/c1-18-8-5-11-20(16-18)29(23(30)17-27-25(31)22-13-7-15-34-22)24(21-12-6-14-33-21)26(32)28-19-9-3-2-4-10-19/h5-8,11-16,19,24H,2-4,9-10,17H2,1H3,(H,27,31)(H,28,32)/t24-/m0/s1. The van der Waals surface area contributed by atoms with Crippen LogP contribution in [0.2, 0.25) is 0 Å². The Balaban J connectivity index is 1.63. The lowest BCUT2D eigenvalue weighted by molar-refractivity contribution is -0.127. The number of hydrogen-bond acceptors (Lipinski definition) is 5. The monoisotopic (exact) mass is 463 g/mol. The van der Waals surface area contributed by atoms with Crippen LogP contribution in [0.15, 0.2) is 69.9 Å². The van der Waals surface area contributed by atoms with E-state index >= 15 is 0 Å². The van der Waals surface area contributed by atoms with Crippen molar-refractivity contribution >= 4 is 23.4 Å². The third kappa shape index (κ3) is 5.57. The number of nitrogens with zero attached hydrogens (tertiary/aromatic N) is 1. The van der Waals surface area contributed by atoms with Gasteiger partial charge in [-0.05, 0) is 61.7 Å². The van der Waals surface area contributed by atoms with Gasteiger partial charge < -0.3 is 19.5 Å². The minimum absolute atomic E-state index is 0.0619. The van der Waals surface area contributed by atoms with E-state index in [9.17, 15) is 14.4 Å². The minimum Gasteiger partial charge on any atom is -0.467 e. The smallest absolute Gasteiger partial charge is 0.287 e. The second kappa shape index (κ2) is 10.9. The Bertz CT molecular complexity index is 1100. The molecule has 1 atom stereocenters. The van der Waals surface area contributed by atoms with Crippen LogP contribution in [0.1, 0.15) is 60.0 Å². The van der Waals surface area contributed by atoms with Gasteiger partial charge >= 0.3 is 0 Å². The fourth-order valence-corrected chi connectivity index (χ4v) is 4.30. The van der Waals surface area contributed by atoms with Crippen LogP contribution < -0.4 is 15.5 Å². The molecule has 1 fully saturated rings. The van der Waals surface area contributed by atoms with Crippen molar-refractivity contribution in [2.75, 3.05) is 11.4 Å². The van der Waals surface area contributed by atoms with Gasteiger partial charge in [0, 0.05) is 11.7 Å². The molecule has 8 heteroatoms. The van der Waals surface area contributed by atoms with Crippen LogP contribution >= 0.6 is 0 Å². The van der Waals surface area contributed by atoms with Crippen molar-refractivity contribution in [2.45, 2.75) is 51.1 Å². The molecule has 4 rings (SSSR count). The summed E-state index contributed by atoms with van der Waals surface area (Å²) < 4.78 is 10.7. The molecule has 3 aromatic rings. The highest BCUT2D eigenvalue weighted by molar-refractivity contribution is 6.04. The Morgan fingerprint density at radius 1 is 1.00 bits per heavy atom. The third-order valence-electron chi connectivity index (χ3n) is 5.96. The van der Waals surface area contributed by atoms with Gasteiger partial charge in [0.25, 0.3) is 11.8 Å². The van der Waals surface area contributed by atoms with Gasteiger partial charge in [0.1, 0.15) is 5.76 Å². The van der Waals surface area contributed by atoms with Crippen molar-refractivity contribution in [2.24, 2.45) is 0 Å². The van der Waals surface area contributed by atoms with Crippen molar-refractivity contribution in [1.29, 1.82) is 0 Å². The number of nitrogens with one attached hydrogen (secondary N) is 2. The average molecular weight is 464 g/mol. The summed E-state index contributed by atoms with van der Waals surface area (Å²) in [4.78, 5) is 40.8. The Morgan fingerprint density at radius 3 is 2.44 bits per heavy atom. The van der Waals surface area contributed by atoms with Gasteiger partial charge in [-0.1, -0.05) is 31.4 Å². The van der Waals surface area contributed by atoms with E-state index in [-0.39, 0.29) is 24.3 Å². The molecule has 2 heterocycles. The SMILES string of the molecule is Cc1cccc(N(C(=O)CNC(=O)c2ccco2)[C@H](C(=O)NC2CCCCC2)c2ccco2)c1. The Kier molecular flexibility index (Phi) is 7.47. The molecule has 1 aliphatic rings. The lowest BCUT2D eigenvalue weighted by Gasteiger charge is -2.32. The summed E-state index contributed by atoms with van der Waals surface area (Å²) >= 11 is 0. The number of aryl methyl sites for hydroxylation is 1. The zero-order chi connectivity index (χ0) is 23.9. The van der Waals surface area contributed by atoms with Gasteiger partial charge in [0.05, 0.1) is 19.1 Å². The number of amides is 3. The number of carbonyl (C=O) groups excluding carboxylic acids is 3. The van der Waals surface area contributed by atoms with E-state index in [4.69, 9.17) is 8.83 Å². The van der Waals surface area contributed by atoms with Crippen molar-refractivity contribution < 1.29 is 23.2 Å². The number of benzene rings is 1. The number of hydrogen-bond donors (Lipinski definition) is 2.